The second kappa shape index (κ2) is 5.58. The Labute approximate surface area is 121 Å². The van der Waals surface area contributed by atoms with Crippen molar-refractivity contribution in [1.82, 2.24) is 9.97 Å². The number of thiazole rings is 1. The molecule has 0 spiro atoms. The van der Waals surface area contributed by atoms with Crippen molar-refractivity contribution in [3.8, 4) is 0 Å². The fourth-order valence-corrected chi connectivity index (χ4v) is 2.20. The molecular formula is C14H17N3O2S. The molecule has 1 amide bonds. The predicted octanol–water partition coefficient (Wildman–Crippen LogP) is 3.56. The molecule has 6 heteroatoms. The Kier molecular flexibility index (Phi) is 4.04. The van der Waals surface area contributed by atoms with Crippen molar-refractivity contribution in [2.45, 2.75) is 33.1 Å². The van der Waals surface area contributed by atoms with Crippen molar-refractivity contribution < 1.29 is 9.21 Å². The lowest BCUT2D eigenvalue weighted by Crippen LogP contribution is -2.09. The summed E-state index contributed by atoms with van der Waals surface area (Å²) < 4.78 is 5.66. The predicted molar refractivity (Wildman–Crippen MR) is 80.5 cm³/mol. The summed E-state index contributed by atoms with van der Waals surface area (Å²) >= 11 is 1.39. The number of oxazole rings is 1. The number of amides is 1. The van der Waals surface area contributed by atoms with Crippen LogP contribution in [0.25, 0.3) is 12.2 Å². The Morgan fingerprint density at radius 1 is 1.30 bits per heavy atom. The van der Waals surface area contributed by atoms with Crippen molar-refractivity contribution in [3.63, 3.8) is 0 Å². The van der Waals surface area contributed by atoms with Crippen LogP contribution < -0.4 is 5.32 Å². The van der Waals surface area contributed by atoms with E-state index < -0.39 is 0 Å². The van der Waals surface area contributed by atoms with Gasteiger partial charge in [0, 0.05) is 29.5 Å². The van der Waals surface area contributed by atoms with Gasteiger partial charge in [0.2, 0.25) is 11.8 Å². The average Bonchev–Trinajstić information content (AvgIpc) is 2.93. The van der Waals surface area contributed by atoms with Crippen molar-refractivity contribution in [2.24, 2.45) is 0 Å². The highest BCUT2D eigenvalue weighted by atomic mass is 32.1. The standard InChI is InChI=1S/C14H17N3O2S/c1-9(18)17-13-16-7-10(20-13)5-6-12-15-8-11(19-12)14(2,3)4/h5-8H,1-4H3,(H,16,17,18). The average molecular weight is 291 g/mol. The van der Waals surface area contributed by atoms with Gasteiger partial charge in [0.05, 0.1) is 6.20 Å². The molecule has 1 N–H and O–H groups in total. The summed E-state index contributed by atoms with van der Waals surface area (Å²) in [5.74, 6) is 1.28. The Hall–Kier alpha value is -1.95. The van der Waals surface area contributed by atoms with E-state index in [0.29, 0.717) is 11.0 Å². The maximum Gasteiger partial charge on any atom is 0.223 e. The van der Waals surface area contributed by atoms with Crippen LogP contribution in [0.15, 0.2) is 16.8 Å². The van der Waals surface area contributed by atoms with E-state index in [2.05, 4.69) is 36.1 Å². The molecule has 0 fully saturated rings. The summed E-state index contributed by atoms with van der Waals surface area (Å²) in [5.41, 5.74) is -0.0534. The number of rotatable bonds is 3. The third kappa shape index (κ3) is 3.77. The van der Waals surface area contributed by atoms with Crippen LogP contribution in [-0.4, -0.2) is 15.9 Å². The van der Waals surface area contributed by atoms with Crippen LogP contribution in [0.4, 0.5) is 5.13 Å². The van der Waals surface area contributed by atoms with Crippen LogP contribution in [0.5, 0.6) is 0 Å². The van der Waals surface area contributed by atoms with E-state index in [9.17, 15) is 4.79 Å². The van der Waals surface area contributed by atoms with E-state index in [4.69, 9.17) is 4.42 Å². The largest absolute Gasteiger partial charge is 0.441 e. The van der Waals surface area contributed by atoms with Crippen molar-refractivity contribution in [3.05, 3.63) is 28.9 Å². The van der Waals surface area contributed by atoms with Gasteiger partial charge in [-0.25, -0.2) is 9.97 Å². The first-order valence-electron chi connectivity index (χ1n) is 6.22. The minimum Gasteiger partial charge on any atom is -0.441 e. The van der Waals surface area contributed by atoms with Gasteiger partial charge < -0.3 is 9.73 Å². The number of nitrogens with one attached hydrogen (secondary N) is 1. The summed E-state index contributed by atoms with van der Waals surface area (Å²) in [6.07, 6.45) is 7.09. The summed E-state index contributed by atoms with van der Waals surface area (Å²) in [6.45, 7) is 7.68. The molecule has 20 heavy (non-hydrogen) atoms. The maximum absolute atomic E-state index is 10.9. The molecule has 0 radical (unpaired) electrons. The molecule has 106 valence electrons. The topological polar surface area (TPSA) is 68.0 Å². The summed E-state index contributed by atoms with van der Waals surface area (Å²) in [5, 5.41) is 3.23. The van der Waals surface area contributed by atoms with Gasteiger partial charge in [0.15, 0.2) is 5.13 Å². The van der Waals surface area contributed by atoms with Crippen LogP contribution in [0.2, 0.25) is 0 Å². The molecule has 0 unspecified atom stereocenters. The van der Waals surface area contributed by atoms with Crippen LogP contribution >= 0.6 is 11.3 Å². The first kappa shape index (κ1) is 14.5. The lowest BCUT2D eigenvalue weighted by Gasteiger charge is -2.12. The molecule has 2 aromatic heterocycles. The van der Waals surface area contributed by atoms with Crippen LogP contribution in [-0.2, 0) is 10.2 Å². The maximum atomic E-state index is 10.9. The van der Waals surface area contributed by atoms with Crippen molar-refractivity contribution >= 4 is 34.5 Å². The Bertz CT molecular complexity index is 635. The van der Waals surface area contributed by atoms with Gasteiger partial charge in [-0.2, -0.15) is 0 Å². The zero-order chi connectivity index (χ0) is 14.8. The quantitative estimate of drug-likeness (QED) is 0.939. The summed E-state index contributed by atoms with van der Waals surface area (Å²) in [4.78, 5) is 20.1. The normalized spacial score (nSPS) is 12.0. The Morgan fingerprint density at radius 2 is 2.05 bits per heavy atom. The molecule has 2 aromatic rings. The highest BCUT2D eigenvalue weighted by molar-refractivity contribution is 7.16. The number of nitrogens with zero attached hydrogens (tertiary/aromatic N) is 2. The molecule has 0 saturated carbocycles. The molecule has 2 heterocycles. The number of hydrogen-bond acceptors (Lipinski definition) is 5. The number of aromatic nitrogens is 2. The van der Waals surface area contributed by atoms with E-state index in [1.807, 2.05) is 6.08 Å². The minimum atomic E-state index is -0.127. The van der Waals surface area contributed by atoms with Gasteiger partial charge in [0.25, 0.3) is 0 Å². The molecule has 0 aliphatic carbocycles. The number of hydrogen-bond donors (Lipinski definition) is 1. The fourth-order valence-electron chi connectivity index (χ4n) is 1.44. The molecule has 0 aromatic carbocycles. The van der Waals surface area contributed by atoms with Crippen LogP contribution in [0.3, 0.4) is 0 Å². The molecule has 0 aliphatic heterocycles. The van der Waals surface area contributed by atoms with E-state index in [-0.39, 0.29) is 11.3 Å². The van der Waals surface area contributed by atoms with E-state index >= 15 is 0 Å². The number of carbonyl (C=O) groups excluding carboxylic acids is 1. The van der Waals surface area contributed by atoms with Gasteiger partial charge in [0.1, 0.15) is 5.76 Å². The van der Waals surface area contributed by atoms with Gasteiger partial charge in [-0.05, 0) is 6.08 Å². The first-order chi connectivity index (χ1) is 9.34. The zero-order valence-corrected chi connectivity index (χ0v) is 12.7. The second-order valence-electron chi connectivity index (χ2n) is 5.40. The zero-order valence-electron chi connectivity index (χ0n) is 11.9. The van der Waals surface area contributed by atoms with E-state index in [0.717, 1.165) is 10.6 Å². The van der Waals surface area contributed by atoms with Crippen molar-refractivity contribution in [1.29, 1.82) is 0 Å². The Balaban J connectivity index is 2.07. The lowest BCUT2D eigenvalue weighted by atomic mass is 9.94. The van der Waals surface area contributed by atoms with Gasteiger partial charge in [-0.3, -0.25) is 4.79 Å². The molecule has 0 aliphatic rings. The molecule has 0 saturated heterocycles. The minimum absolute atomic E-state index is 0.0534. The van der Waals surface area contributed by atoms with Crippen LogP contribution in [0.1, 0.15) is 44.2 Å². The monoisotopic (exact) mass is 291 g/mol. The van der Waals surface area contributed by atoms with Crippen molar-refractivity contribution in [2.75, 3.05) is 5.32 Å². The van der Waals surface area contributed by atoms with Gasteiger partial charge in [-0.15, -0.1) is 0 Å². The number of anilines is 1. The highest BCUT2D eigenvalue weighted by Crippen LogP contribution is 2.24. The smallest absolute Gasteiger partial charge is 0.223 e. The summed E-state index contributed by atoms with van der Waals surface area (Å²) in [7, 11) is 0. The second-order valence-corrected chi connectivity index (χ2v) is 6.46. The van der Waals surface area contributed by atoms with Gasteiger partial charge in [-0.1, -0.05) is 32.1 Å². The van der Waals surface area contributed by atoms with E-state index in [1.165, 1.54) is 18.3 Å². The first-order valence-corrected chi connectivity index (χ1v) is 7.04. The molecule has 0 bridgehead atoms. The third-order valence-corrected chi connectivity index (χ3v) is 3.34. The Morgan fingerprint density at radius 3 is 2.65 bits per heavy atom. The highest BCUT2D eigenvalue weighted by Gasteiger charge is 2.18. The molecule has 2 rings (SSSR count). The molecule has 5 nitrogen and oxygen atoms in total. The van der Waals surface area contributed by atoms with E-state index in [1.54, 1.807) is 18.5 Å². The molecule has 0 atom stereocenters. The third-order valence-electron chi connectivity index (χ3n) is 2.46. The SMILES string of the molecule is CC(=O)Nc1ncc(C=Cc2ncc(C(C)(C)C)o2)s1. The fraction of sp³-hybridized carbons (Fsp3) is 0.357. The molecular weight excluding hydrogens is 274 g/mol. The number of carbonyl (C=O) groups is 1. The van der Waals surface area contributed by atoms with Gasteiger partial charge >= 0.3 is 0 Å². The van der Waals surface area contributed by atoms with Crippen LogP contribution in [0, 0.1) is 0 Å². The lowest BCUT2D eigenvalue weighted by molar-refractivity contribution is -0.114. The summed E-state index contributed by atoms with van der Waals surface area (Å²) in [6, 6.07) is 0.